The van der Waals surface area contributed by atoms with Crippen molar-refractivity contribution in [2.75, 3.05) is 31.1 Å². The molecule has 2 aromatic heterocycles. The smallest absolute Gasteiger partial charge is 0.226 e. The van der Waals surface area contributed by atoms with E-state index < -0.39 is 0 Å². The molecule has 32 heavy (non-hydrogen) atoms. The first-order valence-electron chi connectivity index (χ1n) is 10.7. The van der Waals surface area contributed by atoms with Crippen molar-refractivity contribution < 1.29 is 13.8 Å². The van der Waals surface area contributed by atoms with Crippen LogP contribution in [0.25, 0.3) is 11.5 Å². The molecule has 1 saturated heterocycles. The fourth-order valence-corrected chi connectivity index (χ4v) is 3.86. The third-order valence-corrected chi connectivity index (χ3v) is 5.63. The van der Waals surface area contributed by atoms with Crippen molar-refractivity contribution in [3.05, 3.63) is 71.7 Å². The second kappa shape index (κ2) is 8.84. The van der Waals surface area contributed by atoms with Crippen molar-refractivity contribution in [3.63, 3.8) is 0 Å². The van der Waals surface area contributed by atoms with E-state index in [1.54, 1.807) is 0 Å². The maximum atomic E-state index is 6.01. The molecule has 0 radical (unpaired) electrons. The van der Waals surface area contributed by atoms with Crippen LogP contribution >= 0.6 is 0 Å². The number of aromatic nitrogens is 3. The van der Waals surface area contributed by atoms with Crippen LogP contribution in [0.15, 0.2) is 63.6 Å². The van der Waals surface area contributed by atoms with Crippen LogP contribution in [0, 0.1) is 13.8 Å². The molecule has 0 bridgehead atoms. The maximum absolute atomic E-state index is 6.01. The predicted molar refractivity (Wildman–Crippen MR) is 120 cm³/mol. The van der Waals surface area contributed by atoms with Crippen LogP contribution in [0.5, 0.6) is 11.5 Å². The number of benzene rings is 2. The SMILES string of the molecule is Cc1nonc1N1CCN(Cc2nc(-c3cccc(Oc4ccccc4)c3)oc2C)CC1. The van der Waals surface area contributed by atoms with E-state index in [0.717, 1.165) is 72.8 Å². The summed E-state index contributed by atoms with van der Waals surface area (Å²) in [4.78, 5) is 9.38. The van der Waals surface area contributed by atoms with E-state index in [9.17, 15) is 0 Å². The molecule has 0 aliphatic carbocycles. The average molecular weight is 431 g/mol. The van der Waals surface area contributed by atoms with Crippen LogP contribution in [0.4, 0.5) is 5.82 Å². The summed E-state index contributed by atoms with van der Waals surface area (Å²) >= 11 is 0. The normalized spacial score (nSPS) is 14.6. The maximum Gasteiger partial charge on any atom is 0.226 e. The molecule has 0 atom stereocenters. The van der Waals surface area contributed by atoms with Gasteiger partial charge in [-0.2, -0.15) is 0 Å². The lowest BCUT2D eigenvalue weighted by molar-refractivity contribution is 0.243. The first-order chi connectivity index (χ1) is 15.7. The van der Waals surface area contributed by atoms with E-state index in [-0.39, 0.29) is 0 Å². The third kappa shape index (κ3) is 4.36. The van der Waals surface area contributed by atoms with Crippen molar-refractivity contribution in [3.8, 4) is 23.0 Å². The Kier molecular flexibility index (Phi) is 5.60. The van der Waals surface area contributed by atoms with Gasteiger partial charge >= 0.3 is 0 Å². The summed E-state index contributed by atoms with van der Waals surface area (Å²) in [6, 6.07) is 17.5. The lowest BCUT2D eigenvalue weighted by atomic mass is 10.2. The predicted octanol–water partition coefficient (Wildman–Crippen LogP) is 4.46. The minimum atomic E-state index is 0.610. The molecule has 1 aliphatic heterocycles. The Hall–Kier alpha value is -3.65. The van der Waals surface area contributed by atoms with Gasteiger partial charge in [-0.3, -0.25) is 4.90 Å². The van der Waals surface area contributed by atoms with Gasteiger partial charge in [-0.1, -0.05) is 29.4 Å². The van der Waals surface area contributed by atoms with Gasteiger partial charge in [-0.15, -0.1) is 0 Å². The highest BCUT2D eigenvalue weighted by atomic mass is 16.6. The largest absolute Gasteiger partial charge is 0.457 e. The molecule has 0 unspecified atom stereocenters. The monoisotopic (exact) mass is 431 g/mol. The topological polar surface area (TPSA) is 80.7 Å². The molecule has 4 aromatic rings. The van der Waals surface area contributed by atoms with E-state index in [0.29, 0.717) is 5.89 Å². The number of hydrogen-bond donors (Lipinski definition) is 0. The van der Waals surface area contributed by atoms with Crippen LogP contribution in [0.2, 0.25) is 0 Å². The molecule has 0 spiro atoms. The quantitative estimate of drug-likeness (QED) is 0.443. The Labute approximate surface area is 186 Å². The van der Waals surface area contributed by atoms with Gasteiger partial charge in [-0.05, 0) is 49.3 Å². The molecule has 3 heterocycles. The van der Waals surface area contributed by atoms with E-state index in [1.807, 2.05) is 68.4 Å². The van der Waals surface area contributed by atoms with Gasteiger partial charge in [0.25, 0.3) is 0 Å². The minimum Gasteiger partial charge on any atom is -0.457 e. The summed E-state index contributed by atoms with van der Waals surface area (Å²) in [5.41, 5.74) is 2.68. The fourth-order valence-electron chi connectivity index (χ4n) is 3.86. The highest BCUT2D eigenvalue weighted by Gasteiger charge is 2.23. The number of ether oxygens (including phenoxy) is 1. The molecular formula is C24H25N5O3. The highest BCUT2D eigenvalue weighted by Crippen LogP contribution is 2.28. The van der Waals surface area contributed by atoms with Crippen molar-refractivity contribution in [1.29, 1.82) is 0 Å². The van der Waals surface area contributed by atoms with Crippen LogP contribution in [-0.4, -0.2) is 46.4 Å². The van der Waals surface area contributed by atoms with Crippen LogP contribution in [0.3, 0.4) is 0 Å². The van der Waals surface area contributed by atoms with E-state index >= 15 is 0 Å². The zero-order valence-corrected chi connectivity index (χ0v) is 18.2. The zero-order valence-electron chi connectivity index (χ0n) is 18.2. The van der Waals surface area contributed by atoms with E-state index in [4.69, 9.17) is 18.8 Å². The second-order valence-corrected chi connectivity index (χ2v) is 7.90. The summed E-state index contributed by atoms with van der Waals surface area (Å²) in [5, 5.41) is 7.90. The van der Waals surface area contributed by atoms with E-state index in [1.165, 1.54) is 0 Å². The fraction of sp³-hybridized carbons (Fsp3) is 0.292. The van der Waals surface area contributed by atoms with Crippen molar-refractivity contribution in [2.45, 2.75) is 20.4 Å². The number of piperazine rings is 1. The zero-order chi connectivity index (χ0) is 21.9. The molecule has 1 aliphatic rings. The van der Waals surface area contributed by atoms with Crippen LogP contribution < -0.4 is 9.64 Å². The summed E-state index contributed by atoms with van der Waals surface area (Å²) in [6.45, 7) is 8.20. The van der Waals surface area contributed by atoms with Gasteiger partial charge in [0.2, 0.25) is 5.89 Å². The van der Waals surface area contributed by atoms with Crippen molar-refractivity contribution in [2.24, 2.45) is 0 Å². The van der Waals surface area contributed by atoms with Gasteiger partial charge in [0.15, 0.2) is 5.82 Å². The minimum absolute atomic E-state index is 0.610. The molecule has 8 heteroatoms. The number of oxazole rings is 1. The van der Waals surface area contributed by atoms with Crippen molar-refractivity contribution in [1.82, 2.24) is 20.2 Å². The van der Waals surface area contributed by atoms with E-state index in [2.05, 4.69) is 20.1 Å². The van der Waals surface area contributed by atoms with Gasteiger partial charge in [0, 0.05) is 38.3 Å². The molecule has 0 saturated carbocycles. The van der Waals surface area contributed by atoms with Gasteiger partial charge < -0.3 is 14.1 Å². The Morgan fingerprint density at radius 2 is 1.69 bits per heavy atom. The molecule has 5 rings (SSSR count). The van der Waals surface area contributed by atoms with Gasteiger partial charge in [0.1, 0.15) is 23.0 Å². The summed E-state index contributed by atoms with van der Waals surface area (Å²) in [5.74, 6) is 3.83. The number of hydrogen-bond acceptors (Lipinski definition) is 8. The Bertz CT molecular complexity index is 1180. The first-order valence-corrected chi connectivity index (χ1v) is 10.7. The molecule has 164 valence electrons. The Morgan fingerprint density at radius 3 is 2.44 bits per heavy atom. The van der Waals surface area contributed by atoms with Gasteiger partial charge in [0.05, 0.1) is 5.69 Å². The second-order valence-electron chi connectivity index (χ2n) is 7.90. The summed E-state index contributed by atoms with van der Waals surface area (Å²) in [7, 11) is 0. The summed E-state index contributed by atoms with van der Waals surface area (Å²) < 4.78 is 16.8. The highest BCUT2D eigenvalue weighted by molar-refractivity contribution is 5.57. The lowest BCUT2D eigenvalue weighted by Gasteiger charge is -2.34. The van der Waals surface area contributed by atoms with Crippen LogP contribution in [0.1, 0.15) is 17.1 Å². The summed E-state index contributed by atoms with van der Waals surface area (Å²) in [6.07, 6.45) is 0. The number of anilines is 1. The standard InChI is InChI=1S/C24H25N5O3/c1-17-23(27-32-26-17)29-13-11-28(12-14-29)16-22-18(2)30-24(25-22)19-7-6-10-21(15-19)31-20-8-4-3-5-9-20/h3-10,15H,11-14,16H2,1-2H3. The first kappa shape index (κ1) is 20.3. The Morgan fingerprint density at radius 1 is 0.906 bits per heavy atom. The average Bonchev–Trinajstić information content (AvgIpc) is 3.41. The number of para-hydroxylation sites is 1. The number of rotatable bonds is 6. The third-order valence-electron chi connectivity index (χ3n) is 5.63. The van der Waals surface area contributed by atoms with Crippen LogP contribution in [-0.2, 0) is 6.54 Å². The number of aryl methyl sites for hydroxylation is 2. The van der Waals surface area contributed by atoms with Gasteiger partial charge in [-0.25, -0.2) is 9.61 Å². The van der Waals surface area contributed by atoms with Crippen molar-refractivity contribution >= 4 is 5.82 Å². The number of nitrogens with zero attached hydrogens (tertiary/aromatic N) is 5. The Balaban J connectivity index is 1.25. The molecule has 0 amide bonds. The lowest BCUT2D eigenvalue weighted by Crippen LogP contribution is -2.46. The molecule has 2 aromatic carbocycles. The molecule has 0 N–H and O–H groups in total. The molecule has 1 fully saturated rings. The molecular weight excluding hydrogens is 406 g/mol. The molecule has 8 nitrogen and oxygen atoms in total.